The van der Waals surface area contributed by atoms with Gasteiger partial charge >= 0.3 is 0 Å². The molecule has 0 radical (unpaired) electrons. The van der Waals surface area contributed by atoms with E-state index in [1.54, 1.807) is 6.92 Å². The van der Waals surface area contributed by atoms with Crippen molar-refractivity contribution in [3.63, 3.8) is 0 Å². The van der Waals surface area contributed by atoms with Crippen molar-refractivity contribution in [1.29, 1.82) is 0 Å². The van der Waals surface area contributed by atoms with Gasteiger partial charge in [0, 0.05) is 11.8 Å². The second kappa shape index (κ2) is 8.18. The summed E-state index contributed by atoms with van der Waals surface area (Å²) in [4.78, 5) is 12.6. The minimum Gasteiger partial charge on any atom is -0.324 e. The van der Waals surface area contributed by atoms with Gasteiger partial charge in [-0.1, -0.05) is 18.5 Å². The highest BCUT2D eigenvalue weighted by Gasteiger charge is 2.32. The number of nitrogens with zero attached hydrogens (tertiary/aromatic N) is 1. The number of carbonyl (C=O) groups is 1. The molecule has 1 atom stereocenters. The van der Waals surface area contributed by atoms with Gasteiger partial charge in [0.1, 0.15) is 11.9 Å². The van der Waals surface area contributed by atoms with Crippen LogP contribution in [0.25, 0.3) is 0 Å². The quantitative estimate of drug-likeness (QED) is 0.769. The molecule has 0 aliphatic rings. The minimum absolute atomic E-state index is 0.00353. The highest BCUT2D eigenvalue weighted by atomic mass is 35.5. The number of sulfonamides is 1. The van der Waals surface area contributed by atoms with Crippen LogP contribution < -0.4 is 9.62 Å². The van der Waals surface area contributed by atoms with Crippen molar-refractivity contribution in [1.82, 2.24) is 0 Å². The molecular formula is C17H16ClF3N2O3S. The van der Waals surface area contributed by atoms with Crippen molar-refractivity contribution in [3.05, 3.63) is 58.9 Å². The molecule has 0 aliphatic carbocycles. The van der Waals surface area contributed by atoms with Gasteiger partial charge in [0.25, 0.3) is 0 Å². The second-order valence-corrected chi connectivity index (χ2v) is 7.97. The highest BCUT2D eigenvalue weighted by molar-refractivity contribution is 7.92. The molecule has 10 heteroatoms. The summed E-state index contributed by atoms with van der Waals surface area (Å²) in [5.74, 6) is -3.76. The third-order valence-electron chi connectivity index (χ3n) is 3.67. The van der Waals surface area contributed by atoms with Crippen LogP contribution in [0.4, 0.5) is 24.5 Å². The Morgan fingerprint density at radius 3 is 2.26 bits per heavy atom. The van der Waals surface area contributed by atoms with Crippen LogP contribution in [0.15, 0.2) is 36.4 Å². The molecule has 0 aromatic heterocycles. The van der Waals surface area contributed by atoms with Crippen LogP contribution in [0, 0.1) is 17.5 Å². The van der Waals surface area contributed by atoms with Crippen LogP contribution >= 0.6 is 11.6 Å². The average molecular weight is 421 g/mol. The molecule has 0 aliphatic heterocycles. The highest BCUT2D eigenvalue weighted by Crippen LogP contribution is 2.28. The third-order valence-corrected chi connectivity index (χ3v) is 5.14. The Morgan fingerprint density at radius 1 is 1.11 bits per heavy atom. The molecule has 5 nitrogen and oxygen atoms in total. The minimum atomic E-state index is -3.95. The first-order valence-corrected chi connectivity index (χ1v) is 9.97. The first-order valence-electron chi connectivity index (χ1n) is 7.75. The topological polar surface area (TPSA) is 66.5 Å². The van der Waals surface area contributed by atoms with Gasteiger partial charge in [-0.15, -0.1) is 0 Å². The van der Waals surface area contributed by atoms with Gasteiger partial charge < -0.3 is 5.32 Å². The lowest BCUT2D eigenvalue weighted by Crippen LogP contribution is -2.47. The number of hydrogen-bond acceptors (Lipinski definition) is 3. The summed E-state index contributed by atoms with van der Waals surface area (Å²) in [6.45, 7) is 1.57. The third kappa shape index (κ3) is 4.92. The Balaban J connectivity index is 2.40. The largest absolute Gasteiger partial charge is 0.324 e. The van der Waals surface area contributed by atoms with Crippen molar-refractivity contribution in [3.8, 4) is 0 Å². The monoisotopic (exact) mass is 420 g/mol. The number of rotatable bonds is 6. The van der Waals surface area contributed by atoms with Gasteiger partial charge in [0.15, 0.2) is 11.6 Å². The molecule has 0 unspecified atom stereocenters. The van der Waals surface area contributed by atoms with E-state index in [2.05, 4.69) is 5.32 Å². The van der Waals surface area contributed by atoms with Crippen molar-refractivity contribution in [2.45, 2.75) is 19.4 Å². The number of carbonyl (C=O) groups excluding carboxylic acids is 1. The summed E-state index contributed by atoms with van der Waals surface area (Å²) in [7, 11) is -3.95. The Labute approximate surface area is 159 Å². The first-order chi connectivity index (χ1) is 12.5. The van der Waals surface area contributed by atoms with Gasteiger partial charge in [-0.25, -0.2) is 21.6 Å². The summed E-state index contributed by atoms with van der Waals surface area (Å²) in [6.07, 6.45) is 0.940. The number of halogens is 4. The molecule has 1 amide bonds. The number of hydrogen-bond donors (Lipinski definition) is 1. The normalized spacial score (nSPS) is 12.5. The molecule has 27 heavy (non-hydrogen) atoms. The Hall–Kier alpha value is -2.26. The summed E-state index contributed by atoms with van der Waals surface area (Å²) in [5, 5.41) is 2.04. The Kier molecular flexibility index (Phi) is 6.38. The van der Waals surface area contributed by atoms with E-state index in [1.165, 1.54) is 6.07 Å². The van der Waals surface area contributed by atoms with Gasteiger partial charge in [-0.3, -0.25) is 9.10 Å². The molecule has 0 heterocycles. The molecule has 0 spiro atoms. The molecule has 0 fully saturated rings. The molecule has 1 N–H and O–H groups in total. The van der Waals surface area contributed by atoms with Gasteiger partial charge in [-0.2, -0.15) is 0 Å². The standard InChI is InChI=1S/C17H16ClF3N2O3S/c1-3-16(17(24)22-10-4-6-14(20)15(21)8-10)23(27(2,25)26)11-5-7-13(19)12(18)9-11/h4-9,16H,3H2,1-2H3,(H,22,24)/t16-/m1/s1. The molecule has 146 valence electrons. The fourth-order valence-corrected chi connectivity index (χ4v) is 3.86. The van der Waals surface area contributed by atoms with Gasteiger partial charge in [0.2, 0.25) is 15.9 Å². The summed E-state index contributed by atoms with van der Waals surface area (Å²) in [6, 6.07) is 4.77. The van der Waals surface area contributed by atoms with Crippen molar-refractivity contribution < 1.29 is 26.4 Å². The van der Waals surface area contributed by atoms with Crippen molar-refractivity contribution in [2.24, 2.45) is 0 Å². The number of amides is 1. The van der Waals surface area contributed by atoms with Gasteiger partial charge in [0.05, 0.1) is 17.0 Å². The lowest BCUT2D eigenvalue weighted by molar-refractivity contribution is -0.117. The van der Waals surface area contributed by atoms with Crippen LogP contribution in [0.5, 0.6) is 0 Å². The molecule has 0 bridgehead atoms. The van der Waals surface area contributed by atoms with E-state index in [0.717, 1.165) is 40.9 Å². The molecule has 0 saturated heterocycles. The molecular weight excluding hydrogens is 405 g/mol. The maximum absolute atomic E-state index is 13.4. The Bertz CT molecular complexity index is 970. The fraction of sp³-hybridized carbons (Fsp3) is 0.235. The number of nitrogens with one attached hydrogen (secondary N) is 1. The zero-order valence-corrected chi connectivity index (χ0v) is 15.9. The summed E-state index contributed by atoms with van der Waals surface area (Å²) >= 11 is 5.72. The van der Waals surface area contributed by atoms with Crippen molar-refractivity contribution in [2.75, 3.05) is 15.9 Å². The van der Waals surface area contributed by atoms with E-state index in [9.17, 15) is 26.4 Å². The zero-order chi connectivity index (χ0) is 20.4. The summed E-state index contributed by atoms with van der Waals surface area (Å²) in [5.41, 5.74) is -0.0425. The lowest BCUT2D eigenvalue weighted by atomic mass is 10.1. The number of benzene rings is 2. The first kappa shape index (κ1) is 21.0. The van der Waals surface area contributed by atoms with E-state index in [-0.39, 0.29) is 22.8 Å². The average Bonchev–Trinajstić information content (AvgIpc) is 2.57. The molecule has 2 aromatic rings. The molecule has 2 aromatic carbocycles. The SMILES string of the molecule is CC[C@H](C(=O)Nc1ccc(F)c(F)c1)N(c1ccc(F)c(Cl)c1)S(C)(=O)=O. The predicted octanol–water partition coefficient (Wildman–Crippen LogP) is 3.94. The molecule has 0 saturated carbocycles. The lowest BCUT2D eigenvalue weighted by Gasteiger charge is -2.30. The van der Waals surface area contributed by atoms with E-state index in [4.69, 9.17) is 11.6 Å². The smallest absolute Gasteiger partial charge is 0.248 e. The van der Waals surface area contributed by atoms with Crippen LogP contribution in [-0.4, -0.2) is 26.6 Å². The van der Waals surface area contributed by atoms with Crippen LogP contribution in [-0.2, 0) is 14.8 Å². The van der Waals surface area contributed by atoms with E-state index in [0.29, 0.717) is 0 Å². The predicted molar refractivity (Wildman–Crippen MR) is 97.8 cm³/mol. The zero-order valence-electron chi connectivity index (χ0n) is 14.3. The second-order valence-electron chi connectivity index (χ2n) is 5.70. The number of anilines is 2. The van der Waals surface area contributed by atoms with E-state index in [1.807, 2.05) is 0 Å². The van der Waals surface area contributed by atoms with Crippen LogP contribution in [0.2, 0.25) is 5.02 Å². The fourth-order valence-electron chi connectivity index (χ4n) is 2.48. The van der Waals surface area contributed by atoms with Gasteiger partial charge in [-0.05, 0) is 36.8 Å². The maximum Gasteiger partial charge on any atom is 0.248 e. The van der Waals surface area contributed by atoms with E-state index >= 15 is 0 Å². The summed E-state index contributed by atoms with van der Waals surface area (Å²) < 4.78 is 65.1. The maximum atomic E-state index is 13.4. The molecule has 2 rings (SSSR count). The Morgan fingerprint density at radius 2 is 1.74 bits per heavy atom. The van der Waals surface area contributed by atoms with Crippen LogP contribution in [0.1, 0.15) is 13.3 Å². The van der Waals surface area contributed by atoms with E-state index < -0.39 is 39.4 Å². The van der Waals surface area contributed by atoms with Crippen molar-refractivity contribution >= 4 is 38.9 Å². The van der Waals surface area contributed by atoms with Crippen LogP contribution in [0.3, 0.4) is 0 Å².